The molecule has 3 N–H and O–H groups in total. The smallest absolute Gasteiger partial charge is 0.125 e. The predicted octanol–water partition coefficient (Wildman–Crippen LogP) is 3.24. The van der Waals surface area contributed by atoms with E-state index in [4.69, 9.17) is 0 Å². The first-order chi connectivity index (χ1) is 12.8. The molecule has 2 aliphatic heterocycles. The van der Waals surface area contributed by atoms with Gasteiger partial charge in [-0.15, -0.1) is 0 Å². The molecule has 5 rings (SSSR count). The van der Waals surface area contributed by atoms with Crippen LogP contribution in [0.4, 0.5) is 0 Å². The van der Waals surface area contributed by atoms with Gasteiger partial charge in [0.1, 0.15) is 5.75 Å². The van der Waals surface area contributed by atoms with Crippen LogP contribution in [0.1, 0.15) is 37.3 Å². The molecule has 3 aromatic rings. The lowest BCUT2D eigenvalue weighted by atomic mass is 9.89. The summed E-state index contributed by atoms with van der Waals surface area (Å²) in [6.07, 6.45) is 8.39. The average molecular weight is 347 g/mol. The van der Waals surface area contributed by atoms with Gasteiger partial charge in [0.25, 0.3) is 0 Å². The lowest BCUT2D eigenvalue weighted by molar-refractivity contribution is 0.357. The van der Waals surface area contributed by atoms with Crippen LogP contribution in [0.15, 0.2) is 42.7 Å². The number of nitrogens with zero attached hydrogens (tertiary/aromatic N) is 3. The molecule has 0 amide bonds. The molecule has 2 bridgehead atoms. The fourth-order valence-corrected chi connectivity index (χ4v) is 4.34. The standard InChI is InChI=1S/C20H21N5O/c26-20-9-12(14-10-21-22-11-14)1-4-17(20)19-6-5-18(24-25-19)13-7-15-2-3-16(8-13)23-15/h1,4-6,9-11,13,15-16,23,26H,2-3,7-8H2,(H,21,22)/t13?,15-,16+. The Balaban J connectivity index is 1.39. The highest BCUT2D eigenvalue weighted by atomic mass is 16.3. The topological polar surface area (TPSA) is 86.7 Å². The summed E-state index contributed by atoms with van der Waals surface area (Å²) in [7, 11) is 0. The minimum Gasteiger partial charge on any atom is -0.507 e. The summed E-state index contributed by atoms with van der Waals surface area (Å²) in [6.45, 7) is 0. The van der Waals surface area contributed by atoms with Crippen LogP contribution in [-0.4, -0.2) is 37.6 Å². The molecule has 3 atom stereocenters. The zero-order valence-corrected chi connectivity index (χ0v) is 14.4. The van der Waals surface area contributed by atoms with Gasteiger partial charge in [-0.05, 0) is 55.5 Å². The Morgan fingerprint density at radius 2 is 1.81 bits per heavy atom. The van der Waals surface area contributed by atoms with Crippen LogP contribution in [0, 0.1) is 0 Å². The van der Waals surface area contributed by atoms with Gasteiger partial charge in [-0.25, -0.2) is 0 Å². The number of aromatic amines is 1. The number of fused-ring (bicyclic) bond motifs is 2. The molecule has 0 spiro atoms. The van der Waals surface area contributed by atoms with Crippen molar-refractivity contribution in [3.05, 3.63) is 48.4 Å². The van der Waals surface area contributed by atoms with Gasteiger partial charge < -0.3 is 10.4 Å². The molecule has 0 saturated carbocycles. The molecule has 2 saturated heterocycles. The van der Waals surface area contributed by atoms with Crippen molar-refractivity contribution in [2.24, 2.45) is 0 Å². The number of piperidine rings is 1. The number of hydrogen-bond donors (Lipinski definition) is 3. The SMILES string of the molecule is Oc1cc(-c2cn[nH]c2)ccc1-c1ccc(C2C[C@H]3CC[C@@H](C2)N3)nn1. The Hall–Kier alpha value is -2.73. The number of aromatic hydroxyl groups is 1. The van der Waals surface area contributed by atoms with Gasteiger partial charge in [-0.2, -0.15) is 15.3 Å². The highest BCUT2D eigenvalue weighted by Gasteiger charge is 2.34. The summed E-state index contributed by atoms with van der Waals surface area (Å²) in [5.41, 5.74) is 4.31. The van der Waals surface area contributed by atoms with Gasteiger partial charge in [-0.1, -0.05) is 6.07 Å². The zero-order chi connectivity index (χ0) is 17.5. The Morgan fingerprint density at radius 1 is 0.962 bits per heavy atom. The predicted molar refractivity (Wildman–Crippen MR) is 98.6 cm³/mol. The van der Waals surface area contributed by atoms with Crippen LogP contribution in [0.5, 0.6) is 5.75 Å². The molecule has 1 unspecified atom stereocenters. The first kappa shape index (κ1) is 15.5. The molecule has 2 aliphatic rings. The fraction of sp³-hybridized carbons (Fsp3) is 0.350. The monoisotopic (exact) mass is 347 g/mol. The average Bonchev–Trinajstić information content (AvgIpc) is 3.32. The van der Waals surface area contributed by atoms with E-state index < -0.39 is 0 Å². The third-order valence-corrected chi connectivity index (χ3v) is 5.68. The Kier molecular flexibility index (Phi) is 3.71. The van der Waals surface area contributed by atoms with Crippen LogP contribution in [0.2, 0.25) is 0 Å². The molecular formula is C20H21N5O. The highest BCUT2D eigenvalue weighted by Crippen LogP contribution is 2.37. The van der Waals surface area contributed by atoms with E-state index in [1.165, 1.54) is 12.8 Å². The summed E-state index contributed by atoms with van der Waals surface area (Å²) in [5.74, 6) is 0.693. The summed E-state index contributed by atoms with van der Waals surface area (Å²) in [6, 6.07) is 10.9. The molecule has 26 heavy (non-hydrogen) atoms. The maximum absolute atomic E-state index is 10.4. The summed E-state index contributed by atoms with van der Waals surface area (Å²) in [5, 5.41) is 29.7. The summed E-state index contributed by atoms with van der Waals surface area (Å²) in [4.78, 5) is 0. The van der Waals surface area contributed by atoms with Gasteiger partial charge in [0.15, 0.2) is 0 Å². The number of H-pyrrole nitrogens is 1. The first-order valence-corrected chi connectivity index (χ1v) is 9.18. The zero-order valence-electron chi connectivity index (χ0n) is 14.4. The largest absolute Gasteiger partial charge is 0.507 e. The molecule has 6 nitrogen and oxygen atoms in total. The Morgan fingerprint density at radius 3 is 2.46 bits per heavy atom. The van der Waals surface area contributed by atoms with E-state index in [-0.39, 0.29) is 5.75 Å². The van der Waals surface area contributed by atoms with Crippen molar-refractivity contribution < 1.29 is 5.11 Å². The molecule has 2 fully saturated rings. The van der Waals surface area contributed by atoms with Crippen LogP contribution < -0.4 is 5.32 Å². The fourth-order valence-electron chi connectivity index (χ4n) is 4.34. The van der Waals surface area contributed by atoms with Crippen molar-refractivity contribution >= 4 is 0 Å². The van der Waals surface area contributed by atoms with Crippen molar-refractivity contribution in [1.29, 1.82) is 0 Å². The van der Waals surface area contributed by atoms with Crippen LogP contribution in [0.25, 0.3) is 22.4 Å². The normalized spacial score (nSPS) is 24.7. The number of phenolic OH excluding ortho intramolecular Hbond substituents is 1. The second-order valence-electron chi connectivity index (χ2n) is 7.37. The molecular weight excluding hydrogens is 326 g/mol. The first-order valence-electron chi connectivity index (χ1n) is 9.18. The van der Waals surface area contributed by atoms with Gasteiger partial charge >= 0.3 is 0 Å². The Labute approximate surface area is 151 Å². The number of aromatic nitrogens is 4. The van der Waals surface area contributed by atoms with E-state index in [1.807, 2.05) is 18.2 Å². The van der Waals surface area contributed by atoms with Crippen molar-refractivity contribution in [3.63, 3.8) is 0 Å². The van der Waals surface area contributed by atoms with Crippen molar-refractivity contribution in [2.75, 3.05) is 0 Å². The van der Waals surface area contributed by atoms with E-state index >= 15 is 0 Å². The maximum Gasteiger partial charge on any atom is 0.125 e. The van der Waals surface area contributed by atoms with E-state index in [9.17, 15) is 5.11 Å². The molecule has 132 valence electrons. The number of nitrogens with one attached hydrogen (secondary N) is 2. The second kappa shape index (κ2) is 6.21. The van der Waals surface area contributed by atoms with Gasteiger partial charge in [0.2, 0.25) is 0 Å². The lowest BCUT2D eigenvalue weighted by Gasteiger charge is -2.28. The quantitative estimate of drug-likeness (QED) is 0.677. The third-order valence-electron chi connectivity index (χ3n) is 5.68. The third kappa shape index (κ3) is 2.76. The maximum atomic E-state index is 10.4. The minimum absolute atomic E-state index is 0.200. The molecule has 4 heterocycles. The van der Waals surface area contributed by atoms with Crippen LogP contribution in [0.3, 0.4) is 0 Å². The molecule has 6 heteroatoms. The molecule has 0 aliphatic carbocycles. The number of phenols is 1. The number of benzene rings is 1. The molecule has 0 radical (unpaired) electrons. The van der Waals surface area contributed by atoms with Gasteiger partial charge in [-0.3, -0.25) is 5.10 Å². The van der Waals surface area contributed by atoms with Gasteiger partial charge in [0.05, 0.1) is 17.6 Å². The number of hydrogen-bond acceptors (Lipinski definition) is 5. The van der Waals surface area contributed by atoms with Crippen molar-refractivity contribution in [2.45, 2.75) is 43.7 Å². The summed E-state index contributed by atoms with van der Waals surface area (Å²) < 4.78 is 0. The van der Waals surface area contributed by atoms with E-state index in [1.54, 1.807) is 18.5 Å². The van der Waals surface area contributed by atoms with E-state index in [0.29, 0.717) is 29.3 Å². The lowest BCUT2D eigenvalue weighted by Crippen LogP contribution is -2.37. The van der Waals surface area contributed by atoms with Crippen molar-refractivity contribution in [3.8, 4) is 28.1 Å². The van der Waals surface area contributed by atoms with Crippen molar-refractivity contribution in [1.82, 2.24) is 25.7 Å². The van der Waals surface area contributed by atoms with Crippen LogP contribution in [-0.2, 0) is 0 Å². The highest BCUT2D eigenvalue weighted by molar-refractivity contribution is 5.73. The Bertz CT molecular complexity index is 894. The van der Waals surface area contributed by atoms with E-state index in [0.717, 1.165) is 29.7 Å². The molecule has 1 aromatic carbocycles. The minimum atomic E-state index is 0.200. The van der Waals surface area contributed by atoms with Crippen LogP contribution >= 0.6 is 0 Å². The van der Waals surface area contributed by atoms with E-state index in [2.05, 4.69) is 31.8 Å². The molecule has 2 aromatic heterocycles. The van der Waals surface area contributed by atoms with Gasteiger partial charge in [0, 0.05) is 35.3 Å². The number of rotatable bonds is 3. The second-order valence-corrected chi connectivity index (χ2v) is 7.37. The summed E-state index contributed by atoms with van der Waals surface area (Å²) >= 11 is 0.